The minimum Gasteiger partial charge on any atom is -0.497 e. The minimum absolute atomic E-state index is 0.185. The molecule has 1 aliphatic heterocycles. The normalized spacial score (nSPS) is 15.3. The third-order valence-electron chi connectivity index (χ3n) is 4.79. The molecule has 5 heteroatoms. The number of hydrogen-bond acceptors (Lipinski definition) is 4. The second-order valence-corrected chi connectivity index (χ2v) is 6.48. The number of rotatable bonds is 6. The summed E-state index contributed by atoms with van der Waals surface area (Å²) in [5.41, 5.74) is 3.25. The Labute approximate surface area is 164 Å². The number of nitrogens with zero attached hydrogens (tertiary/aromatic N) is 1. The van der Waals surface area contributed by atoms with Gasteiger partial charge in [0.05, 0.1) is 25.4 Å². The molecule has 1 heterocycles. The first-order valence-electron chi connectivity index (χ1n) is 9.06. The Morgan fingerprint density at radius 2 is 1.71 bits per heavy atom. The van der Waals surface area contributed by atoms with Crippen molar-refractivity contribution in [3.05, 3.63) is 82.6 Å². The lowest BCUT2D eigenvalue weighted by Crippen LogP contribution is -2.27. The summed E-state index contributed by atoms with van der Waals surface area (Å²) < 4.78 is 10.1. The second-order valence-electron chi connectivity index (χ2n) is 6.48. The molecule has 2 aromatic rings. The van der Waals surface area contributed by atoms with Crippen LogP contribution in [-0.2, 0) is 20.7 Å². The molecule has 0 unspecified atom stereocenters. The van der Waals surface area contributed by atoms with Crippen LogP contribution in [0.5, 0.6) is 5.75 Å². The van der Waals surface area contributed by atoms with E-state index in [4.69, 9.17) is 9.47 Å². The number of allylic oxidation sites excluding steroid dienone is 1. The van der Waals surface area contributed by atoms with Crippen LogP contribution in [0.15, 0.2) is 71.4 Å². The molecule has 0 fully saturated rings. The number of hydrogen-bond donors (Lipinski definition) is 0. The lowest BCUT2D eigenvalue weighted by molar-refractivity contribution is -0.136. The van der Waals surface area contributed by atoms with Crippen LogP contribution in [0.1, 0.15) is 18.1 Å². The first kappa shape index (κ1) is 19.4. The minimum atomic E-state index is -0.500. The molecule has 0 aromatic heterocycles. The van der Waals surface area contributed by atoms with Gasteiger partial charge in [-0.15, -0.1) is 0 Å². The molecular formula is C23H23NO4. The Hall–Kier alpha value is -3.34. The van der Waals surface area contributed by atoms with Crippen molar-refractivity contribution < 1.29 is 19.1 Å². The zero-order chi connectivity index (χ0) is 20.1. The summed E-state index contributed by atoms with van der Waals surface area (Å²) in [6, 6.07) is 17.2. The van der Waals surface area contributed by atoms with E-state index in [2.05, 4.69) is 0 Å². The number of amides is 1. The molecule has 0 atom stereocenters. The zero-order valence-corrected chi connectivity index (χ0v) is 16.3. The van der Waals surface area contributed by atoms with Crippen LogP contribution in [0.4, 0.5) is 0 Å². The summed E-state index contributed by atoms with van der Waals surface area (Å²) in [6.45, 7) is 2.26. The molecular weight excluding hydrogens is 354 g/mol. The van der Waals surface area contributed by atoms with E-state index in [1.54, 1.807) is 25.0 Å². The fourth-order valence-electron chi connectivity index (χ4n) is 3.25. The number of carbonyl (C=O) groups is 2. The van der Waals surface area contributed by atoms with Gasteiger partial charge in [0.15, 0.2) is 0 Å². The van der Waals surface area contributed by atoms with Gasteiger partial charge in [0.2, 0.25) is 0 Å². The molecule has 1 aliphatic rings. The first-order valence-corrected chi connectivity index (χ1v) is 9.06. The highest BCUT2D eigenvalue weighted by atomic mass is 16.5. The van der Waals surface area contributed by atoms with E-state index >= 15 is 0 Å². The summed E-state index contributed by atoms with van der Waals surface area (Å²) in [5, 5.41) is 0. The van der Waals surface area contributed by atoms with Crippen LogP contribution in [-0.4, -0.2) is 37.5 Å². The molecule has 0 N–H and O–H groups in total. The molecule has 0 aliphatic carbocycles. The average Bonchev–Trinajstić information content (AvgIpc) is 2.96. The van der Waals surface area contributed by atoms with Gasteiger partial charge in [0.25, 0.3) is 5.91 Å². The monoisotopic (exact) mass is 377 g/mol. The van der Waals surface area contributed by atoms with Crippen molar-refractivity contribution in [2.75, 3.05) is 20.8 Å². The van der Waals surface area contributed by atoms with E-state index in [-0.39, 0.29) is 5.91 Å². The van der Waals surface area contributed by atoms with Crippen LogP contribution in [0.3, 0.4) is 0 Å². The van der Waals surface area contributed by atoms with E-state index in [1.165, 1.54) is 7.11 Å². The molecule has 5 nitrogen and oxygen atoms in total. The van der Waals surface area contributed by atoms with Crippen LogP contribution < -0.4 is 4.74 Å². The SMILES string of the molecule is COC(=O)C1=C(C)N(CCc2ccc(OC)cc2)C(=O)/C1=C\c1ccccc1. The number of esters is 1. The molecule has 28 heavy (non-hydrogen) atoms. The van der Waals surface area contributed by atoms with Gasteiger partial charge < -0.3 is 14.4 Å². The number of benzene rings is 2. The van der Waals surface area contributed by atoms with Crippen LogP contribution in [0, 0.1) is 0 Å². The molecule has 0 bridgehead atoms. The van der Waals surface area contributed by atoms with Gasteiger partial charge in [-0.25, -0.2) is 4.79 Å². The first-order chi connectivity index (χ1) is 13.5. The Kier molecular flexibility index (Phi) is 5.94. The maximum absolute atomic E-state index is 13.1. The lowest BCUT2D eigenvalue weighted by Gasteiger charge is -2.18. The summed E-state index contributed by atoms with van der Waals surface area (Å²) in [7, 11) is 2.95. The fourth-order valence-corrected chi connectivity index (χ4v) is 3.25. The van der Waals surface area contributed by atoms with Crippen molar-refractivity contribution in [3.8, 4) is 5.75 Å². The molecule has 0 saturated heterocycles. The highest BCUT2D eigenvalue weighted by Gasteiger charge is 2.36. The standard InChI is InChI=1S/C23H23NO4/c1-16-21(23(26)28-3)20(15-18-7-5-4-6-8-18)22(25)24(16)14-13-17-9-11-19(27-2)12-10-17/h4-12,15H,13-14H2,1-3H3/b20-15-. The van der Waals surface area contributed by atoms with Crippen LogP contribution >= 0.6 is 0 Å². The van der Waals surface area contributed by atoms with Crippen molar-refractivity contribution in [1.29, 1.82) is 0 Å². The molecule has 2 aromatic carbocycles. The molecule has 0 radical (unpaired) electrons. The quantitative estimate of drug-likeness (QED) is 0.570. The fraction of sp³-hybridized carbons (Fsp3) is 0.217. The Morgan fingerprint density at radius 1 is 1.04 bits per heavy atom. The van der Waals surface area contributed by atoms with E-state index in [0.29, 0.717) is 29.8 Å². The summed E-state index contributed by atoms with van der Waals surface area (Å²) >= 11 is 0. The highest BCUT2D eigenvalue weighted by Crippen LogP contribution is 2.31. The Bertz CT molecular complexity index is 927. The maximum atomic E-state index is 13.1. The summed E-state index contributed by atoms with van der Waals surface area (Å²) in [4.78, 5) is 27.1. The molecule has 1 amide bonds. The third-order valence-corrected chi connectivity index (χ3v) is 4.79. The highest BCUT2D eigenvalue weighted by molar-refractivity contribution is 6.16. The van der Waals surface area contributed by atoms with Crippen LogP contribution in [0.25, 0.3) is 6.08 Å². The Balaban J connectivity index is 1.87. The smallest absolute Gasteiger partial charge is 0.340 e. The van der Waals surface area contributed by atoms with Gasteiger partial charge in [-0.05, 0) is 42.7 Å². The molecule has 3 rings (SSSR count). The van der Waals surface area contributed by atoms with E-state index < -0.39 is 5.97 Å². The van der Waals surface area contributed by atoms with Gasteiger partial charge in [-0.3, -0.25) is 4.79 Å². The number of ether oxygens (including phenoxy) is 2. The van der Waals surface area contributed by atoms with E-state index in [9.17, 15) is 9.59 Å². The topological polar surface area (TPSA) is 55.8 Å². The van der Waals surface area contributed by atoms with Crippen molar-refractivity contribution in [3.63, 3.8) is 0 Å². The maximum Gasteiger partial charge on any atom is 0.340 e. The van der Waals surface area contributed by atoms with Gasteiger partial charge in [-0.2, -0.15) is 0 Å². The Morgan fingerprint density at radius 3 is 2.32 bits per heavy atom. The van der Waals surface area contributed by atoms with Crippen molar-refractivity contribution in [2.45, 2.75) is 13.3 Å². The summed E-state index contributed by atoms with van der Waals surface area (Å²) in [6.07, 6.45) is 2.41. The zero-order valence-electron chi connectivity index (χ0n) is 16.3. The molecule has 0 saturated carbocycles. The van der Waals surface area contributed by atoms with E-state index in [1.807, 2.05) is 54.6 Å². The van der Waals surface area contributed by atoms with Gasteiger partial charge in [0.1, 0.15) is 5.75 Å². The van der Waals surface area contributed by atoms with Gasteiger partial charge >= 0.3 is 5.97 Å². The van der Waals surface area contributed by atoms with Gasteiger partial charge in [-0.1, -0.05) is 42.5 Å². The molecule has 144 valence electrons. The number of carbonyl (C=O) groups excluding carboxylic acids is 2. The van der Waals surface area contributed by atoms with Crippen molar-refractivity contribution in [2.24, 2.45) is 0 Å². The third kappa shape index (κ3) is 3.98. The van der Waals surface area contributed by atoms with Gasteiger partial charge in [0, 0.05) is 12.2 Å². The van der Waals surface area contributed by atoms with Crippen molar-refractivity contribution in [1.82, 2.24) is 4.90 Å². The lowest BCUT2D eigenvalue weighted by atomic mass is 10.0. The predicted octanol–water partition coefficient (Wildman–Crippen LogP) is 3.61. The summed E-state index contributed by atoms with van der Waals surface area (Å²) in [5.74, 6) is 0.105. The van der Waals surface area contributed by atoms with Crippen LogP contribution in [0.2, 0.25) is 0 Å². The average molecular weight is 377 g/mol. The molecule has 0 spiro atoms. The number of methoxy groups -OCH3 is 2. The largest absolute Gasteiger partial charge is 0.497 e. The van der Waals surface area contributed by atoms with Crippen molar-refractivity contribution >= 4 is 18.0 Å². The van der Waals surface area contributed by atoms with E-state index in [0.717, 1.165) is 16.9 Å². The second kappa shape index (κ2) is 8.57. The predicted molar refractivity (Wildman–Crippen MR) is 108 cm³/mol.